The number of benzene rings is 1. The Hall–Kier alpha value is -2.67. The van der Waals surface area contributed by atoms with Gasteiger partial charge in [-0.15, -0.1) is 0 Å². The van der Waals surface area contributed by atoms with Crippen LogP contribution in [0.1, 0.15) is 33.5 Å². The fourth-order valence-corrected chi connectivity index (χ4v) is 2.89. The van der Waals surface area contributed by atoms with Gasteiger partial charge in [-0.3, -0.25) is 9.20 Å². The number of imidazole rings is 1. The number of halogens is 1. The fourth-order valence-electron chi connectivity index (χ4n) is 2.55. The number of carbonyl (C=O) groups is 2. The Morgan fingerprint density at radius 2 is 1.92 bits per heavy atom. The number of nitrogens with zero attached hydrogens (tertiary/aromatic N) is 2. The van der Waals surface area contributed by atoms with Crippen molar-refractivity contribution in [3.63, 3.8) is 0 Å². The van der Waals surface area contributed by atoms with E-state index in [1.165, 1.54) is 7.11 Å². The number of anilines is 1. The van der Waals surface area contributed by atoms with Crippen molar-refractivity contribution in [3.8, 4) is 0 Å². The highest BCUT2D eigenvalue weighted by atomic mass is 79.9. The molecule has 0 bridgehead atoms. The van der Waals surface area contributed by atoms with Crippen LogP contribution >= 0.6 is 15.9 Å². The molecule has 0 atom stereocenters. The van der Waals surface area contributed by atoms with Gasteiger partial charge in [-0.2, -0.15) is 0 Å². The number of aromatic nitrogens is 2. The number of amides is 1. The van der Waals surface area contributed by atoms with Gasteiger partial charge in [0.25, 0.3) is 5.91 Å². The summed E-state index contributed by atoms with van der Waals surface area (Å²) in [4.78, 5) is 28.7. The number of aryl methyl sites for hydroxylation is 1. The molecule has 0 saturated carbocycles. The van der Waals surface area contributed by atoms with Crippen LogP contribution in [0.15, 0.2) is 47.1 Å². The summed E-state index contributed by atoms with van der Waals surface area (Å²) in [5.41, 5.74) is 2.95. The normalized spacial score (nSPS) is 10.7. The minimum absolute atomic E-state index is 0.256. The Bertz CT molecular complexity index is 948. The molecule has 1 N–H and O–H groups in total. The molecular formula is C18H16BrN3O3. The summed E-state index contributed by atoms with van der Waals surface area (Å²) < 4.78 is 7.29. The number of pyridine rings is 1. The van der Waals surface area contributed by atoms with Gasteiger partial charge in [-0.1, -0.05) is 6.92 Å². The van der Waals surface area contributed by atoms with E-state index < -0.39 is 5.97 Å². The van der Waals surface area contributed by atoms with Gasteiger partial charge in [0, 0.05) is 16.4 Å². The van der Waals surface area contributed by atoms with Crippen LogP contribution in [0.2, 0.25) is 0 Å². The highest BCUT2D eigenvalue weighted by Crippen LogP contribution is 2.19. The first-order chi connectivity index (χ1) is 12.0. The summed E-state index contributed by atoms with van der Waals surface area (Å²) in [7, 11) is 1.33. The predicted molar refractivity (Wildman–Crippen MR) is 98.0 cm³/mol. The molecule has 0 aliphatic rings. The SMILES string of the molecule is CCc1nc2ccc(Br)cn2c1C(=O)Nc1ccc(C(=O)OC)cc1. The lowest BCUT2D eigenvalue weighted by Gasteiger charge is -2.07. The second kappa shape index (κ2) is 7.06. The lowest BCUT2D eigenvalue weighted by molar-refractivity contribution is 0.0600. The maximum Gasteiger partial charge on any atom is 0.337 e. The van der Waals surface area contributed by atoms with E-state index in [0.29, 0.717) is 29.0 Å². The third kappa shape index (κ3) is 3.41. The van der Waals surface area contributed by atoms with Crippen LogP contribution in [-0.4, -0.2) is 28.4 Å². The maximum absolute atomic E-state index is 12.8. The van der Waals surface area contributed by atoms with Crippen molar-refractivity contribution in [2.45, 2.75) is 13.3 Å². The number of methoxy groups -OCH3 is 1. The standard InChI is InChI=1S/C18H16BrN3O3/c1-3-14-16(22-10-12(19)6-9-15(22)21-14)17(23)20-13-7-4-11(5-8-13)18(24)25-2/h4-10H,3H2,1-2H3,(H,20,23). The largest absolute Gasteiger partial charge is 0.465 e. The van der Waals surface area contributed by atoms with E-state index in [0.717, 1.165) is 10.2 Å². The predicted octanol–water partition coefficient (Wildman–Crippen LogP) is 3.70. The number of fused-ring (bicyclic) bond motifs is 1. The maximum atomic E-state index is 12.8. The quantitative estimate of drug-likeness (QED) is 0.676. The molecule has 0 spiro atoms. The van der Waals surface area contributed by atoms with Gasteiger partial charge >= 0.3 is 5.97 Å². The number of carbonyl (C=O) groups excluding carboxylic acids is 2. The molecule has 1 aromatic carbocycles. The topological polar surface area (TPSA) is 72.7 Å². The molecule has 0 unspecified atom stereocenters. The first-order valence-electron chi connectivity index (χ1n) is 7.69. The van der Waals surface area contributed by atoms with E-state index in [-0.39, 0.29) is 5.91 Å². The van der Waals surface area contributed by atoms with Crippen LogP contribution in [0.3, 0.4) is 0 Å². The van der Waals surface area contributed by atoms with E-state index in [4.69, 9.17) is 0 Å². The average molecular weight is 402 g/mol. The van der Waals surface area contributed by atoms with Gasteiger partial charge in [0.2, 0.25) is 0 Å². The Balaban J connectivity index is 1.92. The summed E-state index contributed by atoms with van der Waals surface area (Å²) in [5.74, 6) is -0.675. The van der Waals surface area contributed by atoms with Gasteiger partial charge in [-0.05, 0) is 58.7 Å². The molecule has 0 fully saturated rings. The molecule has 6 nitrogen and oxygen atoms in total. The van der Waals surface area contributed by atoms with Gasteiger partial charge in [0.15, 0.2) is 0 Å². The Labute approximate surface area is 153 Å². The average Bonchev–Trinajstić information content (AvgIpc) is 2.99. The van der Waals surface area contributed by atoms with Crippen molar-refractivity contribution in [3.05, 3.63) is 64.0 Å². The van der Waals surface area contributed by atoms with Crippen molar-refractivity contribution < 1.29 is 14.3 Å². The third-order valence-corrected chi connectivity index (χ3v) is 4.24. The summed E-state index contributed by atoms with van der Waals surface area (Å²) in [5, 5.41) is 2.85. The first kappa shape index (κ1) is 17.2. The van der Waals surface area contributed by atoms with Crippen molar-refractivity contribution in [2.75, 3.05) is 12.4 Å². The van der Waals surface area contributed by atoms with Crippen molar-refractivity contribution >= 4 is 39.1 Å². The van der Waals surface area contributed by atoms with Crippen LogP contribution in [-0.2, 0) is 11.2 Å². The highest BCUT2D eigenvalue weighted by molar-refractivity contribution is 9.10. The Kier molecular flexibility index (Phi) is 4.85. The minimum Gasteiger partial charge on any atom is -0.465 e. The van der Waals surface area contributed by atoms with Crippen molar-refractivity contribution in [1.29, 1.82) is 0 Å². The van der Waals surface area contributed by atoms with Crippen LogP contribution in [0.25, 0.3) is 5.65 Å². The lowest BCUT2D eigenvalue weighted by Crippen LogP contribution is -2.16. The second-order valence-electron chi connectivity index (χ2n) is 5.36. The molecule has 3 rings (SSSR count). The van der Waals surface area contributed by atoms with Crippen LogP contribution < -0.4 is 5.32 Å². The summed E-state index contributed by atoms with van der Waals surface area (Å²) in [6.45, 7) is 1.96. The number of hydrogen-bond donors (Lipinski definition) is 1. The second-order valence-corrected chi connectivity index (χ2v) is 6.27. The lowest BCUT2D eigenvalue weighted by atomic mass is 10.2. The number of nitrogens with one attached hydrogen (secondary N) is 1. The van der Waals surface area contributed by atoms with Crippen molar-refractivity contribution in [1.82, 2.24) is 9.38 Å². The van der Waals surface area contributed by atoms with Crippen LogP contribution in [0, 0.1) is 0 Å². The minimum atomic E-state index is -0.419. The summed E-state index contributed by atoms with van der Waals surface area (Å²) in [6.07, 6.45) is 2.46. The monoisotopic (exact) mass is 401 g/mol. The van der Waals surface area contributed by atoms with E-state index in [1.54, 1.807) is 28.7 Å². The number of hydrogen-bond acceptors (Lipinski definition) is 4. The number of rotatable bonds is 4. The van der Waals surface area contributed by atoms with E-state index in [2.05, 4.69) is 31.0 Å². The number of ether oxygens (including phenoxy) is 1. The van der Waals surface area contributed by atoms with Gasteiger partial charge in [-0.25, -0.2) is 9.78 Å². The smallest absolute Gasteiger partial charge is 0.337 e. The van der Waals surface area contributed by atoms with Gasteiger partial charge < -0.3 is 10.1 Å². The van der Waals surface area contributed by atoms with Crippen LogP contribution in [0.5, 0.6) is 0 Å². The fraction of sp³-hybridized carbons (Fsp3) is 0.167. The van der Waals surface area contributed by atoms with Crippen molar-refractivity contribution in [2.24, 2.45) is 0 Å². The molecule has 0 saturated heterocycles. The third-order valence-electron chi connectivity index (χ3n) is 3.77. The molecule has 0 aliphatic carbocycles. The molecule has 1 amide bonds. The Morgan fingerprint density at radius 1 is 1.20 bits per heavy atom. The molecule has 128 valence electrons. The van der Waals surface area contributed by atoms with Gasteiger partial charge in [0.1, 0.15) is 11.3 Å². The Morgan fingerprint density at radius 3 is 2.56 bits per heavy atom. The molecule has 25 heavy (non-hydrogen) atoms. The zero-order chi connectivity index (χ0) is 18.0. The molecular weight excluding hydrogens is 386 g/mol. The molecule has 0 radical (unpaired) electrons. The van der Waals surface area contributed by atoms with Crippen LogP contribution in [0.4, 0.5) is 5.69 Å². The highest BCUT2D eigenvalue weighted by Gasteiger charge is 2.18. The molecule has 0 aliphatic heterocycles. The van der Waals surface area contributed by atoms with E-state index in [1.807, 2.05) is 25.3 Å². The molecule has 3 aromatic rings. The zero-order valence-electron chi connectivity index (χ0n) is 13.7. The van der Waals surface area contributed by atoms with E-state index in [9.17, 15) is 9.59 Å². The molecule has 7 heteroatoms. The summed E-state index contributed by atoms with van der Waals surface area (Å²) >= 11 is 3.42. The zero-order valence-corrected chi connectivity index (χ0v) is 15.3. The number of esters is 1. The first-order valence-corrected chi connectivity index (χ1v) is 8.49. The van der Waals surface area contributed by atoms with E-state index >= 15 is 0 Å². The molecule has 2 aromatic heterocycles. The van der Waals surface area contributed by atoms with Gasteiger partial charge in [0.05, 0.1) is 18.4 Å². The summed E-state index contributed by atoms with van der Waals surface area (Å²) in [6, 6.07) is 10.3. The molecule has 2 heterocycles.